The predicted octanol–water partition coefficient (Wildman–Crippen LogP) is 4.23. The molecule has 1 aromatic rings. The molecule has 0 spiro atoms. The van der Waals surface area contributed by atoms with Gasteiger partial charge in [-0.05, 0) is 110 Å². The van der Waals surface area contributed by atoms with Crippen LogP contribution in [-0.4, -0.2) is 86.5 Å². The van der Waals surface area contributed by atoms with Gasteiger partial charge in [-0.2, -0.15) is 0 Å². The molecule has 2 aliphatic rings. The molecule has 1 aliphatic carbocycles. The summed E-state index contributed by atoms with van der Waals surface area (Å²) in [5.41, 5.74) is 3.44. The Hall–Kier alpha value is -3.70. The number of carbonyl (C=O) groups excluding carboxylic acids is 4. The molecule has 1 saturated carbocycles. The zero-order valence-electron chi connectivity index (χ0n) is 28.2. The molecule has 252 valence electrons. The number of methoxy groups -OCH3 is 2. The Bertz CT molecular complexity index is 1220. The second-order valence-corrected chi connectivity index (χ2v) is 12.9. The van der Waals surface area contributed by atoms with E-state index in [-0.39, 0.29) is 31.0 Å². The standard InChI is InChI=1S/C33H52N4O8/c1-20-21(2)28(43-8)24(22(3)27(20)42-7)12-11-19-44-31(40)34-17-9-13-25(29(38)35-23-15-16-23)36-30(39)26-14-10-18-37(26)32(41)45-33(4,5)6/h23,25-26H,9-19H2,1-8H3,(H,34,40)(H,35,38)(H,36,39)/t25-,26-/m0/s1. The maximum absolute atomic E-state index is 13.2. The Labute approximate surface area is 267 Å². The molecule has 45 heavy (non-hydrogen) atoms. The maximum atomic E-state index is 13.2. The van der Waals surface area contributed by atoms with Crippen LogP contribution in [0.25, 0.3) is 0 Å². The molecule has 3 N–H and O–H groups in total. The van der Waals surface area contributed by atoms with Crippen molar-refractivity contribution in [2.45, 2.75) is 117 Å². The van der Waals surface area contributed by atoms with Crippen LogP contribution in [0.15, 0.2) is 0 Å². The third-order valence-electron chi connectivity index (χ3n) is 8.20. The molecule has 1 aliphatic heterocycles. The van der Waals surface area contributed by atoms with Crippen molar-refractivity contribution >= 4 is 24.0 Å². The molecule has 1 saturated heterocycles. The van der Waals surface area contributed by atoms with Crippen molar-refractivity contribution in [1.82, 2.24) is 20.9 Å². The molecule has 12 heteroatoms. The molecule has 0 bridgehead atoms. The highest BCUT2D eigenvalue weighted by Crippen LogP contribution is 2.38. The summed E-state index contributed by atoms with van der Waals surface area (Å²) < 4.78 is 22.1. The SMILES string of the molecule is COc1c(C)c(C)c(OC)c(CCCOC(=O)NCCC[C@H](NC(=O)[C@@H]2CCCN2C(=O)OC(C)(C)C)C(=O)NC2CC2)c1C. The van der Waals surface area contributed by atoms with E-state index < -0.39 is 29.9 Å². The van der Waals surface area contributed by atoms with Crippen molar-refractivity contribution in [3.05, 3.63) is 22.3 Å². The summed E-state index contributed by atoms with van der Waals surface area (Å²) in [7, 11) is 3.31. The topological polar surface area (TPSA) is 145 Å². The number of hydrogen-bond acceptors (Lipinski definition) is 8. The van der Waals surface area contributed by atoms with Crippen LogP contribution >= 0.6 is 0 Å². The Kier molecular flexibility index (Phi) is 12.7. The second-order valence-electron chi connectivity index (χ2n) is 12.9. The van der Waals surface area contributed by atoms with Gasteiger partial charge in [0.1, 0.15) is 29.2 Å². The number of nitrogens with zero attached hydrogens (tertiary/aromatic N) is 1. The van der Waals surface area contributed by atoms with Crippen LogP contribution in [0.3, 0.4) is 0 Å². The monoisotopic (exact) mass is 632 g/mol. The minimum absolute atomic E-state index is 0.128. The molecular weight excluding hydrogens is 580 g/mol. The van der Waals surface area contributed by atoms with Gasteiger partial charge in [-0.3, -0.25) is 14.5 Å². The fraction of sp³-hybridized carbons (Fsp3) is 0.697. The van der Waals surface area contributed by atoms with E-state index in [0.717, 1.165) is 46.6 Å². The van der Waals surface area contributed by atoms with E-state index >= 15 is 0 Å². The van der Waals surface area contributed by atoms with Gasteiger partial charge >= 0.3 is 12.2 Å². The summed E-state index contributed by atoms with van der Waals surface area (Å²) in [6, 6.07) is -1.36. The van der Waals surface area contributed by atoms with Crippen molar-refractivity contribution < 1.29 is 38.1 Å². The van der Waals surface area contributed by atoms with E-state index in [4.69, 9.17) is 18.9 Å². The number of ether oxygens (including phenoxy) is 4. The summed E-state index contributed by atoms with van der Waals surface area (Å²) in [6.07, 6.45) is 3.94. The van der Waals surface area contributed by atoms with Gasteiger partial charge in [-0.25, -0.2) is 9.59 Å². The third kappa shape index (κ3) is 10.2. The summed E-state index contributed by atoms with van der Waals surface area (Å²) >= 11 is 0. The van der Waals surface area contributed by atoms with Crippen molar-refractivity contribution in [2.24, 2.45) is 0 Å². The van der Waals surface area contributed by atoms with Crippen LogP contribution in [0.1, 0.15) is 88.0 Å². The summed E-state index contributed by atoms with van der Waals surface area (Å²) in [4.78, 5) is 52.6. The van der Waals surface area contributed by atoms with E-state index in [1.807, 2.05) is 20.8 Å². The van der Waals surface area contributed by atoms with Gasteiger partial charge in [-0.1, -0.05) is 0 Å². The second kappa shape index (κ2) is 16.0. The quantitative estimate of drug-likeness (QED) is 0.259. The minimum Gasteiger partial charge on any atom is -0.496 e. The molecule has 0 aromatic heterocycles. The predicted molar refractivity (Wildman–Crippen MR) is 170 cm³/mol. The highest BCUT2D eigenvalue weighted by Gasteiger charge is 2.38. The van der Waals surface area contributed by atoms with E-state index in [1.54, 1.807) is 35.0 Å². The lowest BCUT2D eigenvalue weighted by Gasteiger charge is -2.29. The van der Waals surface area contributed by atoms with Crippen LogP contribution in [0, 0.1) is 20.8 Å². The highest BCUT2D eigenvalue weighted by molar-refractivity contribution is 5.91. The Balaban J connectivity index is 1.46. The highest BCUT2D eigenvalue weighted by atomic mass is 16.6. The zero-order valence-corrected chi connectivity index (χ0v) is 28.2. The molecule has 12 nitrogen and oxygen atoms in total. The lowest BCUT2D eigenvalue weighted by Crippen LogP contribution is -2.54. The number of amides is 4. The lowest BCUT2D eigenvalue weighted by atomic mass is 9.94. The molecule has 4 amide bonds. The van der Waals surface area contributed by atoms with Gasteiger partial charge in [0.2, 0.25) is 11.8 Å². The fourth-order valence-electron chi connectivity index (χ4n) is 5.65. The van der Waals surface area contributed by atoms with Crippen molar-refractivity contribution in [2.75, 3.05) is 33.9 Å². The number of benzene rings is 1. The molecule has 2 atom stereocenters. The lowest BCUT2D eigenvalue weighted by molar-refractivity contribution is -0.131. The minimum atomic E-state index is -0.787. The number of likely N-dealkylation sites (tertiary alicyclic amines) is 1. The Morgan fingerprint density at radius 1 is 0.933 bits per heavy atom. The smallest absolute Gasteiger partial charge is 0.410 e. The van der Waals surface area contributed by atoms with Gasteiger partial charge < -0.3 is 34.9 Å². The third-order valence-corrected chi connectivity index (χ3v) is 8.20. The maximum Gasteiger partial charge on any atom is 0.410 e. The van der Waals surface area contributed by atoms with Gasteiger partial charge in [-0.15, -0.1) is 0 Å². The number of alkyl carbamates (subject to hydrolysis) is 1. The molecule has 0 radical (unpaired) electrons. The average Bonchev–Trinajstić information content (AvgIpc) is 3.64. The number of carbonyl (C=O) groups is 4. The van der Waals surface area contributed by atoms with Crippen LogP contribution in [-0.2, 0) is 25.5 Å². The largest absolute Gasteiger partial charge is 0.496 e. The molecular formula is C33H52N4O8. The summed E-state index contributed by atoms with van der Waals surface area (Å²) in [5.74, 6) is 1.03. The molecule has 0 unspecified atom stereocenters. The number of hydrogen-bond donors (Lipinski definition) is 3. The van der Waals surface area contributed by atoms with E-state index in [0.29, 0.717) is 45.1 Å². The molecule has 1 heterocycles. The molecule has 3 rings (SSSR count). The van der Waals surface area contributed by atoms with Gasteiger partial charge in [0.15, 0.2) is 0 Å². The van der Waals surface area contributed by atoms with Crippen LogP contribution in [0.5, 0.6) is 11.5 Å². The van der Waals surface area contributed by atoms with Gasteiger partial charge in [0.25, 0.3) is 0 Å². The van der Waals surface area contributed by atoms with Crippen molar-refractivity contribution in [3.63, 3.8) is 0 Å². The summed E-state index contributed by atoms with van der Waals surface area (Å²) in [5, 5.41) is 8.53. The molecule has 1 aromatic carbocycles. The first-order chi connectivity index (χ1) is 21.3. The van der Waals surface area contributed by atoms with E-state index in [2.05, 4.69) is 16.0 Å². The Morgan fingerprint density at radius 3 is 2.22 bits per heavy atom. The fourth-order valence-corrected chi connectivity index (χ4v) is 5.65. The first-order valence-corrected chi connectivity index (χ1v) is 16.0. The number of nitrogens with one attached hydrogen (secondary N) is 3. The Morgan fingerprint density at radius 2 is 1.60 bits per heavy atom. The van der Waals surface area contributed by atoms with Crippen LogP contribution < -0.4 is 25.4 Å². The van der Waals surface area contributed by atoms with Crippen molar-refractivity contribution in [1.29, 1.82) is 0 Å². The average molecular weight is 633 g/mol. The molecule has 2 fully saturated rings. The van der Waals surface area contributed by atoms with Gasteiger partial charge in [0.05, 0.1) is 20.8 Å². The zero-order chi connectivity index (χ0) is 33.3. The van der Waals surface area contributed by atoms with Crippen LogP contribution in [0.4, 0.5) is 9.59 Å². The first kappa shape index (κ1) is 35.8. The normalized spacial score (nSPS) is 16.9. The van der Waals surface area contributed by atoms with E-state index in [1.165, 1.54) is 4.90 Å². The number of rotatable bonds is 14. The van der Waals surface area contributed by atoms with Crippen LogP contribution in [0.2, 0.25) is 0 Å². The van der Waals surface area contributed by atoms with Gasteiger partial charge in [0, 0.05) is 24.7 Å². The van der Waals surface area contributed by atoms with E-state index in [9.17, 15) is 19.2 Å². The van der Waals surface area contributed by atoms with Crippen molar-refractivity contribution in [3.8, 4) is 11.5 Å². The summed E-state index contributed by atoms with van der Waals surface area (Å²) in [6.45, 7) is 12.3. The first-order valence-electron chi connectivity index (χ1n) is 16.0.